The molecule has 0 aliphatic rings. The zero-order valence-electron chi connectivity index (χ0n) is 13.4. The Labute approximate surface area is 144 Å². The Kier molecular flexibility index (Phi) is 4.90. The molecule has 2 heterocycles. The van der Waals surface area contributed by atoms with Crippen molar-refractivity contribution in [2.75, 3.05) is 18.1 Å². The monoisotopic (exact) mass is 339 g/mol. The van der Waals surface area contributed by atoms with Gasteiger partial charge in [0.2, 0.25) is 0 Å². The Hall–Kier alpha value is -2.67. The van der Waals surface area contributed by atoms with E-state index in [4.69, 9.17) is 0 Å². The van der Waals surface area contributed by atoms with Crippen LogP contribution in [0.15, 0.2) is 47.5 Å². The van der Waals surface area contributed by atoms with E-state index in [1.165, 1.54) is 0 Å². The molecule has 24 heavy (non-hydrogen) atoms. The van der Waals surface area contributed by atoms with Crippen LogP contribution in [0, 0.1) is 0 Å². The third-order valence-corrected chi connectivity index (χ3v) is 4.16. The summed E-state index contributed by atoms with van der Waals surface area (Å²) < 4.78 is 0. The number of amides is 2. The number of fused-ring (bicyclic) bond motifs is 1. The number of carbonyl (C=O) groups is 1. The van der Waals surface area contributed by atoms with Gasteiger partial charge in [0.1, 0.15) is 11.3 Å². The number of hydrogen-bond donors (Lipinski definition) is 2. The fraction of sp³-hybridized carbons (Fsp3) is 0.176. The van der Waals surface area contributed by atoms with Gasteiger partial charge in [-0.3, -0.25) is 10.3 Å². The lowest BCUT2D eigenvalue weighted by Crippen LogP contribution is -2.28. The third kappa shape index (κ3) is 3.46. The van der Waals surface area contributed by atoms with Gasteiger partial charge >= 0.3 is 6.03 Å². The normalized spacial score (nSPS) is 10.6. The van der Waals surface area contributed by atoms with Crippen molar-refractivity contribution in [1.82, 2.24) is 20.3 Å². The molecule has 2 aromatic heterocycles. The highest BCUT2D eigenvalue weighted by molar-refractivity contribution is 7.98. The van der Waals surface area contributed by atoms with E-state index in [-0.39, 0.29) is 6.03 Å². The maximum atomic E-state index is 11.6. The van der Waals surface area contributed by atoms with E-state index in [2.05, 4.69) is 25.6 Å². The molecule has 7 heteroatoms. The summed E-state index contributed by atoms with van der Waals surface area (Å²) >= 11 is 1.66. The summed E-state index contributed by atoms with van der Waals surface area (Å²) in [5.41, 5.74) is 2.96. The topological polar surface area (TPSA) is 79.8 Å². The average Bonchev–Trinajstić information content (AvgIpc) is 2.61. The molecule has 122 valence electrons. The maximum absolute atomic E-state index is 11.6. The molecule has 0 radical (unpaired) electrons. The van der Waals surface area contributed by atoms with Crippen LogP contribution in [0.4, 0.5) is 10.6 Å². The van der Waals surface area contributed by atoms with E-state index in [0.717, 1.165) is 16.2 Å². The van der Waals surface area contributed by atoms with Gasteiger partial charge < -0.3 is 5.32 Å². The van der Waals surface area contributed by atoms with Crippen LogP contribution in [0.3, 0.4) is 0 Å². The number of benzene rings is 1. The fourth-order valence-corrected chi connectivity index (χ4v) is 2.88. The second-order valence-electron chi connectivity index (χ2n) is 4.98. The first kappa shape index (κ1) is 16.2. The Balaban J connectivity index is 1.98. The molecule has 2 amide bonds. The van der Waals surface area contributed by atoms with Crippen LogP contribution >= 0.6 is 11.8 Å². The van der Waals surface area contributed by atoms with Crippen LogP contribution in [0.25, 0.3) is 22.4 Å². The van der Waals surface area contributed by atoms with Crippen molar-refractivity contribution >= 4 is 34.8 Å². The molecule has 3 aromatic rings. The van der Waals surface area contributed by atoms with Crippen molar-refractivity contribution in [3.8, 4) is 11.3 Å². The largest absolute Gasteiger partial charge is 0.338 e. The van der Waals surface area contributed by atoms with Crippen LogP contribution in [0.1, 0.15) is 6.92 Å². The van der Waals surface area contributed by atoms with E-state index >= 15 is 0 Å². The molecule has 0 aliphatic heterocycles. The molecule has 0 saturated heterocycles. The van der Waals surface area contributed by atoms with Gasteiger partial charge in [0.05, 0.1) is 11.9 Å². The molecule has 0 saturated carbocycles. The van der Waals surface area contributed by atoms with Gasteiger partial charge in [-0.15, -0.1) is 11.8 Å². The molecule has 0 spiro atoms. The van der Waals surface area contributed by atoms with Gasteiger partial charge in [0.25, 0.3) is 0 Å². The Morgan fingerprint density at radius 1 is 1.17 bits per heavy atom. The zero-order valence-corrected chi connectivity index (χ0v) is 14.2. The van der Waals surface area contributed by atoms with Crippen molar-refractivity contribution in [1.29, 1.82) is 0 Å². The highest BCUT2D eigenvalue weighted by Gasteiger charge is 2.09. The lowest BCUT2D eigenvalue weighted by molar-refractivity contribution is 0.252. The standard InChI is InChI=1S/C17H17N5OS/c1-3-18-17(23)22-15-9-8-12-16(21-15)20-13(10-19-12)11-6-4-5-7-14(11)24-2/h4-10H,3H2,1-2H3,(H2,18,20,21,22,23). The fourth-order valence-electron chi connectivity index (χ4n) is 2.27. The summed E-state index contributed by atoms with van der Waals surface area (Å²) in [5.74, 6) is 0.443. The summed E-state index contributed by atoms with van der Waals surface area (Å²) in [6, 6.07) is 11.2. The molecular weight excluding hydrogens is 322 g/mol. The second-order valence-corrected chi connectivity index (χ2v) is 5.83. The van der Waals surface area contributed by atoms with Crippen LogP contribution in [-0.2, 0) is 0 Å². The van der Waals surface area contributed by atoms with Crippen molar-refractivity contribution in [2.24, 2.45) is 0 Å². The minimum Gasteiger partial charge on any atom is -0.338 e. The van der Waals surface area contributed by atoms with E-state index in [9.17, 15) is 4.79 Å². The van der Waals surface area contributed by atoms with E-state index in [1.54, 1.807) is 30.1 Å². The number of thioether (sulfide) groups is 1. The zero-order chi connectivity index (χ0) is 16.9. The highest BCUT2D eigenvalue weighted by atomic mass is 32.2. The molecule has 3 rings (SSSR count). The molecule has 0 fully saturated rings. The number of urea groups is 1. The Morgan fingerprint density at radius 3 is 2.79 bits per heavy atom. The first-order chi connectivity index (χ1) is 11.7. The van der Waals surface area contributed by atoms with Gasteiger partial charge in [-0.2, -0.15) is 0 Å². The number of nitrogens with zero attached hydrogens (tertiary/aromatic N) is 3. The first-order valence-electron chi connectivity index (χ1n) is 7.53. The summed E-state index contributed by atoms with van der Waals surface area (Å²) in [5, 5.41) is 5.35. The molecule has 0 aliphatic carbocycles. The molecular formula is C17H17N5OS. The summed E-state index contributed by atoms with van der Waals surface area (Å²) in [4.78, 5) is 26.2. The van der Waals surface area contributed by atoms with Crippen LogP contribution < -0.4 is 10.6 Å². The van der Waals surface area contributed by atoms with E-state index < -0.39 is 0 Å². The predicted molar refractivity (Wildman–Crippen MR) is 97.2 cm³/mol. The molecule has 6 nitrogen and oxygen atoms in total. The molecule has 0 atom stereocenters. The number of rotatable bonds is 4. The smallest absolute Gasteiger partial charge is 0.320 e. The number of aromatic nitrogens is 3. The first-order valence-corrected chi connectivity index (χ1v) is 8.75. The van der Waals surface area contributed by atoms with Gasteiger partial charge in [0, 0.05) is 17.0 Å². The minimum absolute atomic E-state index is 0.291. The molecule has 0 bridgehead atoms. The Morgan fingerprint density at radius 2 is 2.00 bits per heavy atom. The third-order valence-electron chi connectivity index (χ3n) is 3.37. The van der Waals surface area contributed by atoms with Crippen molar-refractivity contribution in [3.63, 3.8) is 0 Å². The number of pyridine rings is 1. The predicted octanol–water partition coefficient (Wildman–Crippen LogP) is 3.56. The molecule has 0 unspecified atom stereocenters. The number of carbonyl (C=O) groups excluding carboxylic acids is 1. The van der Waals surface area contributed by atoms with Gasteiger partial charge in [-0.25, -0.2) is 14.8 Å². The van der Waals surface area contributed by atoms with Crippen LogP contribution in [0.5, 0.6) is 0 Å². The Bertz CT molecular complexity index is 884. The highest BCUT2D eigenvalue weighted by Crippen LogP contribution is 2.29. The summed E-state index contributed by atoms with van der Waals surface area (Å²) in [6.45, 7) is 2.41. The number of nitrogens with one attached hydrogen (secondary N) is 2. The van der Waals surface area contributed by atoms with Crippen LogP contribution in [-0.4, -0.2) is 33.8 Å². The maximum Gasteiger partial charge on any atom is 0.320 e. The van der Waals surface area contributed by atoms with Gasteiger partial charge in [0.15, 0.2) is 5.65 Å². The number of anilines is 1. The number of hydrogen-bond acceptors (Lipinski definition) is 5. The SMILES string of the molecule is CCNC(=O)Nc1ccc2ncc(-c3ccccc3SC)nc2n1. The summed E-state index contributed by atoms with van der Waals surface area (Å²) in [7, 11) is 0. The van der Waals surface area contributed by atoms with Gasteiger partial charge in [-0.05, 0) is 31.4 Å². The average molecular weight is 339 g/mol. The van der Waals surface area contributed by atoms with Gasteiger partial charge in [-0.1, -0.05) is 18.2 Å². The minimum atomic E-state index is -0.291. The molecule has 1 aromatic carbocycles. The van der Waals surface area contributed by atoms with Crippen molar-refractivity contribution in [3.05, 3.63) is 42.6 Å². The quantitative estimate of drug-likeness (QED) is 0.711. The second kappa shape index (κ2) is 7.27. The lowest BCUT2D eigenvalue weighted by Gasteiger charge is -2.08. The lowest BCUT2D eigenvalue weighted by atomic mass is 10.1. The van der Waals surface area contributed by atoms with Crippen molar-refractivity contribution < 1.29 is 4.79 Å². The summed E-state index contributed by atoms with van der Waals surface area (Å²) in [6.07, 6.45) is 3.77. The van der Waals surface area contributed by atoms with Crippen LogP contribution in [0.2, 0.25) is 0 Å². The van der Waals surface area contributed by atoms with E-state index in [1.807, 2.05) is 37.4 Å². The molecule has 2 N–H and O–H groups in total. The van der Waals surface area contributed by atoms with E-state index in [0.29, 0.717) is 23.5 Å². The van der Waals surface area contributed by atoms with Crippen molar-refractivity contribution in [2.45, 2.75) is 11.8 Å².